The molecule has 4 rings (SSSR count). The largest absolute Gasteiger partial charge is 0.356 e. The molecule has 1 aliphatic rings. The van der Waals surface area contributed by atoms with Gasteiger partial charge in [0, 0.05) is 24.5 Å². The topological polar surface area (TPSA) is 41.1 Å². The van der Waals surface area contributed by atoms with Crippen LogP contribution in [0.5, 0.6) is 0 Å². The number of nitrogens with zero attached hydrogens (tertiary/aromatic N) is 3. The Bertz CT molecular complexity index is 891. The molecule has 0 spiro atoms. The SMILES string of the molecule is Fc1ccc(Nc2nc(N3CCCC3)c3ccccc3n2)c(F)c1. The summed E-state index contributed by atoms with van der Waals surface area (Å²) in [5, 5.41) is 3.84. The van der Waals surface area contributed by atoms with Crippen molar-refractivity contribution < 1.29 is 8.78 Å². The molecule has 0 aliphatic carbocycles. The van der Waals surface area contributed by atoms with Crippen molar-refractivity contribution in [2.75, 3.05) is 23.3 Å². The van der Waals surface area contributed by atoms with E-state index in [1.54, 1.807) is 0 Å². The number of hydrogen-bond donors (Lipinski definition) is 1. The summed E-state index contributed by atoms with van der Waals surface area (Å²) in [5.41, 5.74) is 0.943. The van der Waals surface area contributed by atoms with E-state index in [1.165, 1.54) is 12.1 Å². The van der Waals surface area contributed by atoms with Gasteiger partial charge in [-0.1, -0.05) is 12.1 Å². The van der Waals surface area contributed by atoms with Crippen LogP contribution in [0.2, 0.25) is 0 Å². The Balaban J connectivity index is 1.78. The van der Waals surface area contributed by atoms with E-state index < -0.39 is 11.6 Å². The van der Waals surface area contributed by atoms with Gasteiger partial charge in [-0.2, -0.15) is 4.98 Å². The molecule has 2 aromatic carbocycles. The number of halogens is 2. The zero-order valence-electron chi connectivity index (χ0n) is 13.0. The summed E-state index contributed by atoms with van der Waals surface area (Å²) in [5.74, 6) is -0.131. The number of anilines is 3. The van der Waals surface area contributed by atoms with Crippen LogP contribution in [-0.2, 0) is 0 Å². The fourth-order valence-corrected chi connectivity index (χ4v) is 3.00. The van der Waals surface area contributed by atoms with Crippen molar-refractivity contribution in [3.63, 3.8) is 0 Å². The van der Waals surface area contributed by atoms with E-state index in [2.05, 4.69) is 20.2 Å². The molecule has 1 aromatic heterocycles. The molecule has 0 bridgehead atoms. The zero-order chi connectivity index (χ0) is 16.5. The monoisotopic (exact) mass is 326 g/mol. The molecular weight excluding hydrogens is 310 g/mol. The molecule has 6 heteroatoms. The maximum Gasteiger partial charge on any atom is 0.229 e. The summed E-state index contributed by atoms with van der Waals surface area (Å²) in [4.78, 5) is 11.3. The van der Waals surface area contributed by atoms with Gasteiger partial charge >= 0.3 is 0 Å². The summed E-state index contributed by atoms with van der Waals surface area (Å²) in [6.07, 6.45) is 2.27. The van der Waals surface area contributed by atoms with E-state index in [0.717, 1.165) is 48.7 Å². The minimum Gasteiger partial charge on any atom is -0.356 e. The number of rotatable bonds is 3. The van der Waals surface area contributed by atoms with Crippen LogP contribution < -0.4 is 10.2 Å². The molecule has 1 N–H and O–H groups in total. The van der Waals surface area contributed by atoms with Gasteiger partial charge in [0.25, 0.3) is 0 Å². The lowest BCUT2D eigenvalue weighted by molar-refractivity contribution is 0.586. The van der Waals surface area contributed by atoms with Crippen molar-refractivity contribution in [1.82, 2.24) is 9.97 Å². The smallest absolute Gasteiger partial charge is 0.229 e. The predicted molar refractivity (Wildman–Crippen MR) is 90.6 cm³/mol. The van der Waals surface area contributed by atoms with Crippen LogP contribution >= 0.6 is 0 Å². The minimum atomic E-state index is -0.672. The van der Waals surface area contributed by atoms with Crippen LogP contribution in [0.4, 0.5) is 26.2 Å². The first kappa shape index (κ1) is 14.8. The zero-order valence-corrected chi connectivity index (χ0v) is 13.0. The highest BCUT2D eigenvalue weighted by Gasteiger charge is 2.18. The van der Waals surface area contributed by atoms with Crippen molar-refractivity contribution in [3.05, 3.63) is 54.1 Å². The first-order valence-corrected chi connectivity index (χ1v) is 7.94. The van der Waals surface area contributed by atoms with Gasteiger partial charge in [-0.3, -0.25) is 0 Å². The number of para-hydroxylation sites is 1. The third-order valence-electron chi connectivity index (χ3n) is 4.17. The average Bonchev–Trinajstić information content (AvgIpc) is 3.11. The molecule has 1 fully saturated rings. The molecule has 1 aliphatic heterocycles. The Labute approximate surface area is 138 Å². The van der Waals surface area contributed by atoms with Crippen LogP contribution in [0, 0.1) is 11.6 Å². The second-order valence-corrected chi connectivity index (χ2v) is 5.83. The van der Waals surface area contributed by atoms with E-state index in [-0.39, 0.29) is 5.69 Å². The van der Waals surface area contributed by atoms with Gasteiger partial charge in [0.1, 0.15) is 17.5 Å². The standard InChI is InChI=1S/C18H16F2N4/c19-12-7-8-16(14(20)11-12)22-18-21-15-6-2-1-5-13(15)17(23-18)24-9-3-4-10-24/h1-2,5-8,11H,3-4,9-10H2,(H,21,22,23). The quantitative estimate of drug-likeness (QED) is 0.781. The van der Waals surface area contributed by atoms with Crippen molar-refractivity contribution in [1.29, 1.82) is 0 Å². The van der Waals surface area contributed by atoms with E-state index in [0.29, 0.717) is 5.95 Å². The van der Waals surface area contributed by atoms with Gasteiger partial charge < -0.3 is 10.2 Å². The summed E-state index contributed by atoms with van der Waals surface area (Å²) >= 11 is 0. The number of hydrogen-bond acceptors (Lipinski definition) is 4. The van der Waals surface area contributed by atoms with Crippen LogP contribution in [-0.4, -0.2) is 23.1 Å². The van der Waals surface area contributed by atoms with Gasteiger partial charge in [0.2, 0.25) is 5.95 Å². The fraction of sp³-hybridized carbons (Fsp3) is 0.222. The second-order valence-electron chi connectivity index (χ2n) is 5.83. The highest BCUT2D eigenvalue weighted by Crippen LogP contribution is 2.29. The normalized spacial score (nSPS) is 14.3. The number of nitrogens with one attached hydrogen (secondary N) is 1. The maximum atomic E-state index is 13.9. The average molecular weight is 326 g/mol. The van der Waals surface area contributed by atoms with Crippen LogP contribution in [0.25, 0.3) is 10.9 Å². The number of aromatic nitrogens is 2. The van der Waals surface area contributed by atoms with E-state index in [4.69, 9.17) is 0 Å². The first-order chi connectivity index (χ1) is 11.7. The van der Waals surface area contributed by atoms with E-state index >= 15 is 0 Å². The molecule has 122 valence electrons. The highest BCUT2D eigenvalue weighted by atomic mass is 19.1. The molecule has 0 unspecified atom stereocenters. The molecule has 2 heterocycles. The molecule has 0 amide bonds. The fourth-order valence-electron chi connectivity index (χ4n) is 3.00. The molecule has 24 heavy (non-hydrogen) atoms. The van der Waals surface area contributed by atoms with Crippen LogP contribution in [0.3, 0.4) is 0 Å². The molecule has 3 aromatic rings. The molecule has 1 saturated heterocycles. The highest BCUT2D eigenvalue weighted by molar-refractivity contribution is 5.90. The molecule has 4 nitrogen and oxygen atoms in total. The third kappa shape index (κ3) is 2.75. The Morgan fingerprint density at radius 1 is 0.958 bits per heavy atom. The van der Waals surface area contributed by atoms with Gasteiger partial charge in [-0.15, -0.1) is 0 Å². The van der Waals surface area contributed by atoms with E-state index in [9.17, 15) is 8.78 Å². The van der Waals surface area contributed by atoms with Crippen molar-refractivity contribution in [2.24, 2.45) is 0 Å². The lowest BCUT2D eigenvalue weighted by atomic mass is 10.2. The van der Waals surface area contributed by atoms with Gasteiger partial charge in [0.05, 0.1) is 11.2 Å². The Morgan fingerprint density at radius 3 is 2.54 bits per heavy atom. The van der Waals surface area contributed by atoms with Crippen LogP contribution in [0.15, 0.2) is 42.5 Å². The van der Waals surface area contributed by atoms with E-state index in [1.807, 2.05) is 24.3 Å². The molecular formula is C18H16F2N4. The van der Waals surface area contributed by atoms with Gasteiger partial charge in [0.15, 0.2) is 0 Å². The third-order valence-corrected chi connectivity index (χ3v) is 4.17. The van der Waals surface area contributed by atoms with Crippen LogP contribution in [0.1, 0.15) is 12.8 Å². The minimum absolute atomic E-state index is 0.152. The molecule has 0 radical (unpaired) electrons. The predicted octanol–water partition coefficient (Wildman–Crippen LogP) is 4.25. The summed E-state index contributed by atoms with van der Waals surface area (Å²) in [6, 6.07) is 11.1. The first-order valence-electron chi connectivity index (χ1n) is 7.94. The number of benzene rings is 2. The lowest BCUT2D eigenvalue weighted by Gasteiger charge is -2.19. The second kappa shape index (κ2) is 6.03. The summed E-state index contributed by atoms with van der Waals surface area (Å²) in [7, 11) is 0. The Hall–Kier alpha value is -2.76. The molecule has 0 saturated carbocycles. The number of fused-ring (bicyclic) bond motifs is 1. The Kier molecular flexibility index (Phi) is 3.72. The summed E-state index contributed by atoms with van der Waals surface area (Å²) in [6.45, 7) is 1.90. The van der Waals surface area contributed by atoms with Crippen molar-refractivity contribution in [3.8, 4) is 0 Å². The van der Waals surface area contributed by atoms with Crippen molar-refractivity contribution >= 4 is 28.4 Å². The maximum absolute atomic E-state index is 13.9. The lowest BCUT2D eigenvalue weighted by Crippen LogP contribution is -2.20. The molecule has 0 atom stereocenters. The Morgan fingerprint density at radius 2 is 1.75 bits per heavy atom. The van der Waals surface area contributed by atoms with Gasteiger partial charge in [-0.25, -0.2) is 13.8 Å². The van der Waals surface area contributed by atoms with Crippen molar-refractivity contribution in [2.45, 2.75) is 12.8 Å². The summed E-state index contributed by atoms with van der Waals surface area (Å²) < 4.78 is 26.9. The van der Waals surface area contributed by atoms with Gasteiger partial charge in [-0.05, 0) is 37.1 Å².